The van der Waals surface area contributed by atoms with Gasteiger partial charge in [-0.2, -0.15) is 0 Å². The standard InChI is InChI=1S/C19H16N2/c1-2-9-17-15(6-1)7-5-8-16(17)12-13-21-14-20-18-10-3-4-11-19(18)21/h1-11,14H,12-13H2. The molecule has 2 heteroatoms. The molecular weight excluding hydrogens is 256 g/mol. The summed E-state index contributed by atoms with van der Waals surface area (Å²) in [6, 6.07) is 23.4. The lowest BCUT2D eigenvalue weighted by Gasteiger charge is -2.08. The Labute approximate surface area is 123 Å². The van der Waals surface area contributed by atoms with Gasteiger partial charge in [-0.15, -0.1) is 0 Å². The van der Waals surface area contributed by atoms with Gasteiger partial charge in [0.05, 0.1) is 17.4 Å². The van der Waals surface area contributed by atoms with Gasteiger partial charge in [0.15, 0.2) is 0 Å². The smallest absolute Gasteiger partial charge is 0.0958 e. The molecule has 0 spiro atoms. The van der Waals surface area contributed by atoms with Crippen LogP contribution < -0.4 is 0 Å². The quantitative estimate of drug-likeness (QED) is 0.539. The summed E-state index contributed by atoms with van der Waals surface area (Å²) < 4.78 is 2.23. The minimum atomic E-state index is 0.953. The minimum Gasteiger partial charge on any atom is -0.330 e. The van der Waals surface area contributed by atoms with E-state index >= 15 is 0 Å². The lowest BCUT2D eigenvalue weighted by Crippen LogP contribution is -2.00. The minimum absolute atomic E-state index is 0.953. The van der Waals surface area contributed by atoms with Crippen LogP contribution in [0, 0.1) is 0 Å². The highest BCUT2D eigenvalue weighted by Crippen LogP contribution is 2.20. The number of benzene rings is 3. The van der Waals surface area contributed by atoms with Crippen LogP contribution in [0.4, 0.5) is 0 Å². The van der Waals surface area contributed by atoms with Crippen molar-refractivity contribution in [2.75, 3.05) is 0 Å². The first-order chi connectivity index (χ1) is 10.4. The Balaban J connectivity index is 1.67. The van der Waals surface area contributed by atoms with Gasteiger partial charge in [-0.1, -0.05) is 54.6 Å². The molecule has 0 N–H and O–H groups in total. The van der Waals surface area contributed by atoms with Crippen molar-refractivity contribution in [1.82, 2.24) is 9.55 Å². The Morgan fingerprint density at radius 2 is 1.62 bits per heavy atom. The third kappa shape index (κ3) is 2.19. The van der Waals surface area contributed by atoms with Gasteiger partial charge in [0.1, 0.15) is 0 Å². The van der Waals surface area contributed by atoms with Gasteiger partial charge in [0, 0.05) is 6.54 Å². The van der Waals surface area contributed by atoms with E-state index in [4.69, 9.17) is 0 Å². The molecule has 0 unspecified atom stereocenters. The highest BCUT2D eigenvalue weighted by molar-refractivity contribution is 5.85. The van der Waals surface area contributed by atoms with Crippen LogP contribution in [0.2, 0.25) is 0 Å². The molecule has 2 nitrogen and oxygen atoms in total. The molecule has 0 radical (unpaired) electrons. The Bertz CT molecular complexity index is 900. The van der Waals surface area contributed by atoms with E-state index < -0.39 is 0 Å². The van der Waals surface area contributed by atoms with Gasteiger partial charge < -0.3 is 4.57 Å². The second kappa shape index (κ2) is 5.06. The largest absolute Gasteiger partial charge is 0.330 e. The van der Waals surface area contributed by atoms with Crippen molar-refractivity contribution in [2.45, 2.75) is 13.0 Å². The summed E-state index contributed by atoms with van der Waals surface area (Å²) in [4.78, 5) is 4.46. The van der Waals surface area contributed by atoms with E-state index in [1.807, 2.05) is 12.4 Å². The Morgan fingerprint density at radius 3 is 2.62 bits per heavy atom. The maximum absolute atomic E-state index is 4.46. The Kier molecular flexibility index (Phi) is 2.93. The van der Waals surface area contributed by atoms with Crippen LogP contribution >= 0.6 is 0 Å². The molecule has 4 aromatic rings. The first-order valence-electron chi connectivity index (χ1n) is 7.28. The number of nitrogens with zero attached hydrogens (tertiary/aromatic N) is 2. The molecule has 1 aromatic heterocycles. The van der Waals surface area contributed by atoms with E-state index in [0.29, 0.717) is 0 Å². The van der Waals surface area contributed by atoms with Crippen LogP contribution in [0.15, 0.2) is 73.1 Å². The van der Waals surface area contributed by atoms with Gasteiger partial charge in [-0.25, -0.2) is 4.98 Å². The molecule has 4 rings (SSSR count). The highest BCUT2D eigenvalue weighted by Gasteiger charge is 2.04. The lowest BCUT2D eigenvalue weighted by atomic mass is 10.0. The van der Waals surface area contributed by atoms with E-state index in [-0.39, 0.29) is 0 Å². The van der Waals surface area contributed by atoms with E-state index in [0.717, 1.165) is 18.5 Å². The predicted octanol–water partition coefficient (Wildman–Crippen LogP) is 4.43. The normalized spacial score (nSPS) is 11.2. The highest BCUT2D eigenvalue weighted by atomic mass is 15.0. The van der Waals surface area contributed by atoms with Crippen LogP contribution in [-0.2, 0) is 13.0 Å². The Hall–Kier alpha value is -2.61. The van der Waals surface area contributed by atoms with Gasteiger partial charge in [-0.05, 0) is 34.9 Å². The summed E-state index contributed by atoms with van der Waals surface area (Å²) in [6.07, 6.45) is 2.96. The van der Waals surface area contributed by atoms with Crippen molar-refractivity contribution < 1.29 is 0 Å². The number of imidazole rings is 1. The Morgan fingerprint density at radius 1 is 0.810 bits per heavy atom. The summed E-state index contributed by atoms with van der Waals surface area (Å²) >= 11 is 0. The third-order valence-corrected chi connectivity index (χ3v) is 4.03. The van der Waals surface area contributed by atoms with Crippen LogP contribution in [0.5, 0.6) is 0 Å². The second-order valence-electron chi connectivity index (χ2n) is 5.31. The number of hydrogen-bond acceptors (Lipinski definition) is 1. The van der Waals surface area contributed by atoms with Crippen molar-refractivity contribution >= 4 is 21.8 Å². The van der Waals surface area contributed by atoms with Crippen molar-refractivity contribution in [1.29, 1.82) is 0 Å². The third-order valence-electron chi connectivity index (χ3n) is 4.03. The van der Waals surface area contributed by atoms with Crippen molar-refractivity contribution in [2.24, 2.45) is 0 Å². The molecule has 0 saturated heterocycles. The van der Waals surface area contributed by atoms with Crippen molar-refractivity contribution in [3.63, 3.8) is 0 Å². The molecule has 3 aromatic carbocycles. The molecule has 0 saturated carbocycles. The van der Waals surface area contributed by atoms with Gasteiger partial charge in [-0.3, -0.25) is 0 Å². The molecule has 0 aliphatic carbocycles. The fourth-order valence-electron chi connectivity index (χ4n) is 2.94. The molecule has 0 amide bonds. The summed E-state index contributed by atoms with van der Waals surface area (Å²) in [7, 11) is 0. The topological polar surface area (TPSA) is 17.8 Å². The number of aromatic nitrogens is 2. The molecule has 0 aliphatic heterocycles. The van der Waals surface area contributed by atoms with Crippen LogP contribution in [0.25, 0.3) is 21.8 Å². The molecule has 0 aliphatic rings. The molecule has 102 valence electrons. The molecule has 0 atom stereocenters. The predicted molar refractivity (Wildman–Crippen MR) is 87.4 cm³/mol. The van der Waals surface area contributed by atoms with Crippen molar-refractivity contribution in [3.05, 3.63) is 78.6 Å². The average Bonchev–Trinajstić information content (AvgIpc) is 2.96. The fourth-order valence-corrected chi connectivity index (χ4v) is 2.94. The lowest BCUT2D eigenvalue weighted by molar-refractivity contribution is 0.718. The van der Waals surface area contributed by atoms with E-state index in [9.17, 15) is 0 Å². The zero-order chi connectivity index (χ0) is 14.1. The SMILES string of the molecule is c1ccc2c(CCn3cnc4ccccc43)cccc2c1. The monoisotopic (exact) mass is 272 g/mol. The zero-order valence-corrected chi connectivity index (χ0v) is 11.7. The summed E-state index contributed by atoms with van der Waals surface area (Å²) in [6.45, 7) is 0.953. The first kappa shape index (κ1) is 12.2. The van der Waals surface area contributed by atoms with Gasteiger partial charge >= 0.3 is 0 Å². The molecular formula is C19H16N2. The number of rotatable bonds is 3. The number of hydrogen-bond donors (Lipinski definition) is 0. The average molecular weight is 272 g/mol. The second-order valence-corrected chi connectivity index (χ2v) is 5.31. The maximum atomic E-state index is 4.46. The number of aryl methyl sites for hydroxylation is 2. The van der Waals surface area contributed by atoms with Crippen molar-refractivity contribution in [3.8, 4) is 0 Å². The number of para-hydroxylation sites is 2. The zero-order valence-electron chi connectivity index (χ0n) is 11.7. The summed E-state index contributed by atoms with van der Waals surface area (Å²) in [5.41, 5.74) is 3.67. The fraction of sp³-hybridized carbons (Fsp3) is 0.105. The van der Waals surface area contributed by atoms with E-state index in [1.165, 1.54) is 21.9 Å². The van der Waals surface area contributed by atoms with Gasteiger partial charge in [0.2, 0.25) is 0 Å². The molecule has 0 bridgehead atoms. The molecule has 1 heterocycles. The maximum Gasteiger partial charge on any atom is 0.0958 e. The molecule has 0 fully saturated rings. The van der Waals surface area contributed by atoms with Gasteiger partial charge in [0.25, 0.3) is 0 Å². The summed E-state index contributed by atoms with van der Waals surface area (Å²) in [5.74, 6) is 0. The van der Waals surface area contributed by atoms with Crippen LogP contribution in [0.1, 0.15) is 5.56 Å². The van der Waals surface area contributed by atoms with E-state index in [1.54, 1.807) is 0 Å². The van der Waals surface area contributed by atoms with E-state index in [2.05, 4.69) is 70.2 Å². The molecule has 21 heavy (non-hydrogen) atoms. The van der Waals surface area contributed by atoms with Crippen LogP contribution in [0.3, 0.4) is 0 Å². The summed E-state index contributed by atoms with van der Waals surface area (Å²) in [5, 5.41) is 2.66. The first-order valence-corrected chi connectivity index (χ1v) is 7.28. The van der Waals surface area contributed by atoms with Crippen LogP contribution in [-0.4, -0.2) is 9.55 Å². The number of fused-ring (bicyclic) bond motifs is 2.